The van der Waals surface area contributed by atoms with Crippen molar-refractivity contribution in [1.29, 1.82) is 0 Å². The van der Waals surface area contributed by atoms with Gasteiger partial charge in [-0.3, -0.25) is 14.5 Å². The molecule has 1 aliphatic rings. The molecule has 1 atom stereocenters. The Hall–Kier alpha value is -4.39. The molecule has 1 N–H and O–H groups in total. The van der Waals surface area contributed by atoms with E-state index < -0.39 is 23.8 Å². The van der Waals surface area contributed by atoms with Crippen molar-refractivity contribution in [2.24, 2.45) is 0 Å². The molecule has 0 unspecified atom stereocenters. The Morgan fingerprint density at radius 3 is 2.42 bits per heavy atom. The zero-order valence-electron chi connectivity index (χ0n) is 17.9. The number of esters is 1. The fourth-order valence-corrected chi connectivity index (χ4v) is 3.51. The number of nitrogens with one attached hydrogen (secondary N) is 1. The second kappa shape index (κ2) is 9.82. The van der Waals surface area contributed by atoms with E-state index >= 15 is 0 Å². The molecule has 0 saturated carbocycles. The number of amides is 2. The highest BCUT2D eigenvalue weighted by molar-refractivity contribution is 6.11. The fourth-order valence-electron chi connectivity index (χ4n) is 3.51. The molecule has 0 saturated heterocycles. The Kier molecular flexibility index (Phi) is 6.50. The summed E-state index contributed by atoms with van der Waals surface area (Å²) in [6, 6.07) is 21.7. The van der Waals surface area contributed by atoms with Gasteiger partial charge in [-0.25, -0.2) is 4.79 Å². The lowest BCUT2D eigenvalue weighted by atomic mass is 10.1. The first-order valence-corrected chi connectivity index (χ1v) is 10.4. The molecule has 3 aromatic carbocycles. The van der Waals surface area contributed by atoms with Crippen LogP contribution >= 0.6 is 0 Å². The number of methoxy groups -OCH3 is 1. The van der Waals surface area contributed by atoms with E-state index in [0.717, 1.165) is 5.56 Å². The molecule has 7 heteroatoms. The van der Waals surface area contributed by atoms with Gasteiger partial charge in [0.15, 0.2) is 5.75 Å². The number of hydrogen-bond acceptors (Lipinski definition) is 5. The largest absolute Gasteiger partial charge is 0.497 e. The first-order valence-electron chi connectivity index (χ1n) is 10.4. The minimum absolute atomic E-state index is 0.246. The minimum Gasteiger partial charge on any atom is -0.497 e. The average Bonchev–Trinajstić information content (AvgIpc) is 2.84. The van der Waals surface area contributed by atoms with Gasteiger partial charge in [0.2, 0.25) is 5.91 Å². The second-order valence-electron chi connectivity index (χ2n) is 7.34. The van der Waals surface area contributed by atoms with Crippen LogP contribution in [-0.2, 0) is 14.4 Å². The number of anilines is 2. The third-order valence-electron chi connectivity index (χ3n) is 5.13. The van der Waals surface area contributed by atoms with Gasteiger partial charge >= 0.3 is 5.97 Å². The topological polar surface area (TPSA) is 84.9 Å². The summed E-state index contributed by atoms with van der Waals surface area (Å²) in [5.74, 6) is -0.529. The maximum absolute atomic E-state index is 13.2. The molecule has 0 fully saturated rings. The van der Waals surface area contributed by atoms with Crippen LogP contribution < -0.4 is 19.7 Å². The van der Waals surface area contributed by atoms with Crippen LogP contribution in [-0.4, -0.2) is 30.9 Å². The van der Waals surface area contributed by atoms with Crippen molar-refractivity contribution in [1.82, 2.24) is 0 Å². The van der Waals surface area contributed by atoms with E-state index in [9.17, 15) is 14.4 Å². The summed E-state index contributed by atoms with van der Waals surface area (Å²) in [5.41, 5.74) is 1.82. The lowest BCUT2D eigenvalue weighted by molar-refractivity contribution is -0.139. The lowest BCUT2D eigenvalue weighted by Crippen LogP contribution is -2.51. The van der Waals surface area contributed by atoms with Gasteiger partial charge in [0.05, 0.1) is 19.2 Å². The van der Waals surface area contributed by atoms with E-state index in [1.165, 1.54) is 11.0 Å². The number of nitrogens with zero attached hydrogens (tertiary/aromatic N) is 1. The Balaban J connectivity index is 1.58. The van der Waals surface area contributed by atoms with Crippen molar-refractivity contribution < 1.29 is 23.9 Å². The maximum atomic E-state index is 13.2. The van der Waals surface area contributed by atoms with Crippen LogP contribution in [0.1, 0.15) is 12.0 Å². The number of carbonyl (C=O) groups is 3. The van der Waals surface area contributed by atoms with Gasteiger partial charge in [-0.2, -0.15) is 0 Å². The Bertz CT molecular complexity index is 1190. The minimum atomic E-state index is -1.10. The molecule has 2 amide bonds. The number of rotatable bonds is 6. The first kappa shape index (κ1) is 21.8. The smallest absolute Gasteiger partial charge is 0.335 e. The van der Waals surface area contributed by atoms with Gasteiger partial charge in [0, 0.05) is 11.8 Å². The maximum Gasteiger partial charge on any atom is 0.335 e. The second-order valence-corrected chi connectivity index (χ2v) is 7.34. The number of fused-ring (bicyclic) bond motifs is 1. The normalized spacial score (nSPS) is 15.0. The van der Waals surface area contributed by atoms with E-state index in [0.29, 0.717) is 17.1 Å². The molecule has 0 aromatic heterocycles. The zero-order valence-corrected chi connectivity index (χ0v) is 17.9. The number of benzene rings is 3. The summed E-state index contributed by atoms with van der Waals surface area (Å²) < 4.78 is 10.6. The molecule has 0 spiro atoms. The van der Waals surface area contributed by atoms with E-state index in [4.69, 9.17) is 9.47 Å². The summed E-state index contributed by atoms with van der Waals surface area (Å²) in [6.45, 7) is 0. The van der Waals surface area contributed by atoms with Crippen LogP contribution in [0.15, 0.2) is 84.9 Å². The van der Waals surface area contributed by atoms with Crippen LogP contribution in [0.2, 0.25) is 0 Å². The molecular formula is C26H22N2O5. The lowest BCUT2D eigenvalue weighted by Gasteiger charge is -2.34. The van der Waals surface area contributed by atoms with Crippen LogP contribution in [0.3, 0.4) is 0 Å². The van der Waals surface area contributed by atoms with Crippen LogP contribution in [0.25, 0.3) is 6.08 Å². The molecule has 7 nitrogen and oxygen atoms in total. The van der Waals surface area contributed by atoms with E-state index in [1.807, 2.05) is 18.2 Å². The number of hydrogen-bond donors (Lipinski definition) is 1. The van der Waals surface area contributed by atoms with E-state index in [1.54, 1.807) is 73.8 Å². The van der Waals surface area contributed by atoms with Crippen molar-refractivity contribution >= 4 is 35.2 Å². The summed E-state index contributed by atoms with van der Waals surface area (Å²) >= 11 is 0. The predicted octanol–water partition coefficient (Wildman–Crippen LogP) is 4.06. The molecule has 33 heavy (non-hydrogen) atoms. The zero-order chi connectivity index (χ0) is 23.2. The highest BCUT2D eigenvalue weighted by atomic mass is 16.5. The molecular weight excluding hydrogens is 420 g/mol. The van der Waals surface area contributed by atoms with Gasteiger partial charge in [0.1, 0.15) is 11.8 Å². The van der Waals surface area contributed by atoms with Crippen LogP contribution in [0, 0.1) is 0 Å². The number of para-hydroxylation sites is 3. The van der Waals surface area contributed by atoms with Crippen molar-refractivity contribution in [3.63, 3.8) is 0 Å². The van der Waals surface area contributed by atoms with Gasteiger partial charge < -0.3 is 14.8 Å². The van der Waals surface area contributed by atoms with Crippen molar-refractivity contribution in [3.8, 4) is 11.5 Å². The predicted molar refractivity (Wildman–Crippen MR) is 125 cm³/mol. The third-order valence-corrected chi connectivity index (χ3v) is 5.13. The van der Waals surface area contributed by atoms with Gasteiger partial charge in [0.25, 0.3) is 5.91 Å². The highest BCUT2D eigenvalue weighted by Crippen LogP contribution is 2.35. The number of carbonyl (C=O) groups excluding carboxylic acids is 3. The first-order chi connectivity index (χ1) is 16.0. The Labute approximate surface area is 191 Å². The van der Waals surface area contributed by atoms with Crippen LogP contribution in [0.4, 0.5) is 11.4 Å². The van der Waals surface area contributed by atoms with Crippen molar-refractivity contribution in [3.05, 3.63) is 90.5 Å². The molecule has 0 aliphatic carbocycles. The van der Waals surface area contributed by atoms with Gasteiger partial charge in [-0.1, -0.05) is 42.5 Å². The summed E-state index contributed by atoms with van der Waals surface area (Å²) in [6.07, 6.45) is 2.77. The molecule has 0 radical (unpaired) electrons. The molecule has 1 aliphatic heterocycles. The average molecular weight is 442 g/mol. The molecule has 0 bridgehead atoms. The molecule has 166 valence electrons. The van der Waals surface area contributed by atoms with Gasteiger partial charge in [-0.15, -0.1) is 0 Å². The molecule has 1 heterocycles. The Morgan fingerprint density at radius 2 is 1.70 bits per heavy atom. The van der Waals surface area contributed by atoms with Crippen molar-refractivity contribution in [2.75, 3.05) is 17.3 Å². The quantitative estimate of drug-likeness (QED) is 0.354. The Morgan fingerprint density at radius 1 is 1.00 bits per heavy atom. The molecule has 3 aromatic rings. The van der Waals surface area contributed by atoms with Crippen molar-refractivity contribution in [2.45, 2.75) is 12.5 Å². The van der Waals surface area contributed by atoms with E-state index in [-0.39, 0.29) is 12.2 Å². The summed E-state index contributed by atoms with van der Waals surface area (Å²) in [7, 11) is 1.58. The highest BCUT2D eigenvalue weighted by Gasteiger charge is 2.39. The number of ether oxygens (including phenoxy) is 2. The molecule has 4 rings (SSSR count). The fraction of sp³-hybridized carbons (Fsp3) is 0.115. The van der Waals surface area contributed by atoms with Crippen LogP contribution in [0.5, 0.6) is 11.5 Å². The third kappa shape index (κ3) is 5.10. The standard InChI is InChI=1S/C26H22N2O5/c1-32-20-14-11-18(12-15-20)13-16-25(30)28-21-9-5-6-10-23(21)33-26(31)22(28)17-24(29)27-19-7-3-2-4-8-19/h2-16,22H,17H2,1H3,(H,27,29)/b16-13+/t22-/m0/s1. The summed E-state index contributed by atoms with van der Waals surface area (Å²) in [4.78, 5) is 40.0. The monoisotopic (exact) mass is 442 g/mol. The summed E-state index contributed by atoms with van der Waals surface area (Å²) in [5, 5.41) is 2.75. The van der Waals surface area contributed by atoms with E-state index in [2.05, 4.69) is 5.32 Å². The SMILES string of the molecule is COc1ccc(/C=C/C(=O)N2c3ccccc3OC(=O)[C@@H]2CC(=O)Nc2ccccc2)cc1. The van der Waals surface area contributed by atoms with Gasteiger partial charge in [-0.05, 0) is 48.0 Å².